The summed E-state index contributed by atoms with van der Waals surface area (Å²) in [6.07, 6.45) is 0.728. The number of aryl methyl sites for hydroxylation is 1. The van der Waals surface area contributed by atoms with E-state index in [0.29, 0.717) is 5.56 Å². The summed E-state index contributed by atoms with van der Waals surface area (Å²) in [4.78, 5) is 13.0. The van der Waals surface area contributed by atoms with Gasteiger partial charge in [0, 0.05) is 19.7 Å². The lowest BCUT2D eigenvalue weighted by Crippen LogP contribution is -2.21. The van der Waals surface area contributed by atoms with E-state index in [1.165, 1.54) is 17.0 Å². The number of nitrogens with zero attached hydrogens (tertiary/aromatic N) is 1. The summed E-state index contributed by atoms with van der Waals surface area (Å²) in [5.74, 6) is -0.520. The minimum Gasteiger partial charge on any atom is -0.345 e. The largest absolute Gasteiger partial charge is 0.345 e. The number of carbonyl (C=O) groups excluding carboxylic acids is 1. The maximum Gasteiger partial charge on any atom is 0.253 e. The Morgan fingerprint density at radius 3 is 2.50 bits per heavy atom. The molecule has 14 heavy (non-hydrogen) atoms. The van der Waals surface area contributed by atoms with Crippen molar-refractivity contribution in [1.82, 2.24) is 4.90 Å². The van der Waals surface area contributed by atoms with E-state index in [4.69, 9.17) is 0 Å². The molecule has 2 nitrogen and oxygen atoms in total. The summed E-state index contributed by atoms with van der Waals surface area (Å²) in [6, 6.07) is 4.44. The number of rotatable bonds is 2. The normalized spacial score (nSPS) is 10.0. The molecule has 3 heteroatoms. The topological polar surface area (TPSA) is 20.3 Å². The monoisotopic (exact) mass is 195 g/mol. The Hall–Kier alpha value is -1.38. The third-order valence-electron chi connectivity index (χ3n) is 2.02. The minimum absolute atomic E-state index is 0.167. The van der Waals surface area contributed by atoms with Crippen molar-refractivity contribution in [1.29, 1.82) is 0 Å². The van der Waals surface area contributed by atoms with Gasteiger partial charge in [-0.1, -0.05) is 6.92 Å². The molecule has 0 atom stereocenters. The molecule has 0 radical (unpaired) electrons. The van der Waals surface area contributed by atoms with Crippen molar-refractivity contribution in [3.63, 3.8) is 0 Å². The van der Waals surface area contributed by atoms with Crippen LogP contribution in [0.3, 0.4) is 0 Å². The quantitative estimate of drug-likeness (QED) is 0.707. The average molecular weight is 195 g/mol. The standard InChI is InChI=1S/C11H14FNO/c1-4-8-5-9(7-10(12)6-8)11(14)13(2)3/h5-7H,4H2,1-3H3. The summed E-state index contributed by atoms with van der Waals surface area (Å²) in [7, 11) is 3.30. The molecule has 1 rings (SSSR count). The zero-order chi connectivity index (χ0) is 10.7. The predicted octanol–water partition coefficient (Wildman–Crippen LogP) is 2.09. The lowest BCUT2D eigenvalue weighted by atomic mass is 10.1. The van der Waals surface area contributed by atoms with Crippen LogP contribution in [0.5, 0.6) is 0 Å². The van der Waals surface area contributed by atoms with Crippen molar-refractivity contribution >= 4 is 5.91 Å². The van der Waals surface area contributed by atoms with Gasteiger partial charge >= 0.3 is 0 Å². The van der Waals surface area contributed by atoms with Crippen LogP contribution in [-0.4, -0.2) is 24.9 Å². The molecule has 0 bridgehead atoms. The Kier molecular flexibility index (Phi) is 3.23. The molecule has 1 aromatic carbocycles. The fraction of sp³-hybridized carbons (Fsp3) is 0.364. The molecular weight excluding hydrogens is 181 g/mol. The van der Waals surface area contributed by atoms with Gasteiger partial charge in [0.15, 0.2) is 0 Å². The number of hydrogen-bond acceptors (Lipinski definition) is 1. The molecular formula is C11H14FNO. The van der Waals surface area contributed by atoms with Crippen molar-refractivity contribution in [2.24, 2.45) is 0 Å². The van der Waals surface area contributed by atoms with Crippen LogP contribution >= 0.6 is 0 Å². The Labute approximate surface area is 83.3 Å². The molecule has 0 aliphatic carbocycles. The van der Waals surface area contributed by atoms with E-state index in [2.05, 4.69) is 0 Å². The summed E-state index contributed by atoms with van der Waals surface area (Å²) in [5, 5.41) is 0. The molecule has 76 valence electrons. The molecule has 0 N–H and O–H groups in total. The zero-order valence-corrected chi connectivity index (χ0v) is 8.67. The van der Waals surface area contributed by atoms with E-state index < -0.39 is 0 Å². The fourth-order valence-corrected chi connectivity index (χ4v) is 1.24. The van der Waals surface area contributed by atoms with Crippen molar-refractivity contribution in [2.75, 3.05) is 14.1 Å². The van der Waals surface area contributed by atoms with Gasteiger partial charge in [-0.05, 0) is 30.2 Å². The lowest BCUT2D eigenvalue weighted by molar-refractivity contribution is 0.0827. The van der Waals surface area contributed by atoms with E-state index >= 15 is 0 Å². The molecule has 1 amide bonds. The van der Waals surface area contributed by atoms with Crippen molar-refractivity contribution < 1.29 is 9.18 Å². The van der Waals surface area contributed by atoms with E-state index in [0.717, 1.165) is 12.0 Å². The number of halogens is 1. The first kappa shape index (κ1) is 10.7. The third-order valence-corrected chi connectivity index (χ3v) is 2.02. The van der Waals surface area contributed by atoms with Gasteiger partial charge in [-0.3, -0.25) is 4.79 Å². The number of benzene rings is 1. The Morgan fingerprint density at radius 1 is 1.36 bits per heavy atom. The SMILES string of the molecule is CCc1cc(F)cc(C(=O)N(C)C)c1. The minimum atomic E-state index is -0.352. The highest BCUT2D eigenvalue weighted by Gasteiger charge is 2.09. The molecule has 0 aliphatic heterocycles. The molecule has 0 unspecified atom stereocenters. The van der Waals surface area contributed by atoms with E-state index in [1.54, 1.807) is 20.2 Å². The van der Waals surface area contributed by atoms with Crippen LogP contribution in [0.2, 0.25) is 0 Å². The number of amides is 1. The van der Waals surface area contributed by atoms with Crippen molar-refractivity contribution in [2.45, 2.75) is 13.3 Å². The van der Waals surface area contributed by atoms with Gasteiger partial charge < -0.3 is 4.90 Å². The predicted molar refractivity (Wildman–Crippen MR) is 53.8 cm³/mol. The van der Waals surface area contributed by atoms with Gasteiger partial charge in [0.05, 0.1) is 0 Å². The van der Waals surface area contributed by atoms with Gasteiger partial charge in [0.25, 0.3) is 5.91 Å². The molecule has 0 saturated heterocycles. The maximum atomic E-state index is 13.1. The molecule has 0 spiro atoms. The zero-order valence-electron chi connectivity index (χ0n) is 8.67. The van der Waals surface area contributed by atoms with Gasteiger partial charge in [-0.15, -0.1) is 0 Å². The van der Waals surface area contributed by atoms with Crippen LogP contribution in [-0.2, 0) is 6.42 Å². The highest BCUT2D eigenvalue weighted by atomic mass is 19.1. The lowest BCUT2D eigenvalue weighted by Gasteiger charge is -2.11. The van der Waals surface area contributed by atoms with Crippen LogP contribution in [0.25, 0.3) is 0 Å². The van der Waals surface area contributed by atoms with Crippen molar-refractivity contribution in [3.8, 4) is 0 Å². The second kappa shape index (κ2) is 4.22. The molecule has 0 heterocycles. The van der Waals surface area contributed by atoms with Crippen LogP contribution in [0.1, 0.15) is 22.8 Å². The Balaban J connectivity index is 3.09. The van der Waals surface area contributed by atoms with Gasteiger partial charge in [-0.2, -0.15) is 0 Å². The number of hydrogen-bond donors (Lipinski definition) is 0. The average Bonchev–Trinajstić information content (AvgIpc) is 2.15. The van der Waals surface area contributed by atoms with Crippen molar-refractivity contribution in [3.05, 3.63) is 35.1 Å². The molecule has 0 aliphatic rings. The van der Waals surface area contributed by atoms with Crippen LogP contribution < -0.4 is 0 Å². The molecule has 0 saturated carbocycles. The first-order valence-corrected chi connectivity index (χ1v) is 4.55. The van der Waals surface area contributed by atoms with E-state index in [-0.39, 0.29) is 11.7 Å². The van der Waals surface area contributed by atoms with E-state index in [9.17, 15) is 9.18 Å². The third kappa shape index (κ3) is 2.31. The second-order valence-electron chi connectivity index (χ2n) is 3.40. The highest BCUT2D eigenvalue weighted by molar-refractivity contribution is 5.94. The fourth-order valence-electron chi connectivity index (χ4n) is 1.24. The summed E-state index contributed by atoms with van der Waals surface area (Å²) in [5.41, 5.74) is 1.25. The van der Waals surface area contributed by atoms with E-state index in [1.807, 2.05) is 6.92 Å². The summed E-state index contributed by atoms with van der Waals surface area (Å²) >= 11 is 0. The first-order chi connectivity index (χ1) is 6.54. The molecule has 0 aromatic heterocycles. The van der Waals surface area contributed by atoms with Crippen LogP contribution in [0, 0.1) is 5.82 Å². The highest BCUT2D eigenvalue weighted by Crippen LogP contribution is 2.11. The second-order valence-corrected chi connectivity index (χ2v) is 3.40. The summed E-state index contributed by atoms with van der Waals surface area (Å²) < 4.78 is 13.1. The smallest absolute Gasteiger partial charge is 0.253 e. The Bertz CT molecular complexity index is 347. The molecule has 1 aromatic rings. The van der Waals surface area contributed by atoms with Crippen LogP contribution in [0.4, 0.5) is 4.39 Å². The Morgan fingerprint density at radius 2 is 2.00 bits per heavy atom. The first-order valence-electron chi connectivity index (χ1n) is 4.55. The van der Waals surface area contributed by atoms with Gasteiger partial charge in [0.2, 0.25) is 0 Å². The van der Waals surface area contributed by atoms with Gasteiger partial charge in [-0.25, -0.2) is 4.39 Å². The summed E-state index contributed by atoms with van der Waals surface area (Å²) in [6.45, 7) is 1.93. The molecule has 0 fully saturated rings. The van der Waals surface area contributed by atoms with Crippen LogP contribution in [0.15, 0.2) is 18.2 Å². The number of carbonyl (C=O) groups is 1. The van der Waals surface area contributed by atoms with Gasteiger partial charge in [0.1, 0.15) is 5.82 Å². The maximum absolute atomic E-state index is 13.1.